The van der Waals surface area contributed by atoms with E-state index < -0.39 is 5.97 Å². The summed E-state index contributed by atoms with van der Waals surface area (Å²) in [4.78, 5) is 10.9. The highest BCUT2D eigenvalue weighted by atomic mass is 16.4. The minimum atomic E-state index is -0.911. The number of carbonyl (C=O) groups is 1. The summed E-state index contributed by atoms with van der Waals surface area (Å²) >= 11 is 0. The van der Waals surface area contributed by atoms with Crippen LogP contribution < -0.4 is 4.57 Å². The van der Waals surface area contributed by atoms with E-state index in [2.05, 4.69) is 6.58 Å². The fourth-order valence-corrected chi connectivity index (χ4v) is 1.72. The highest BCUT2D eigenvalue weighted by molar-refractivity contribution is 5.86. The number of carboxylic acid groups (broad SMARTS) is 1. The Kier molecular flexibility index (Phi) is 3.53. The van der Waals surface area contributed by atoms with E-state index in [1.54, 1.807) is 24.4 Å². The highest BCUT2D eigenvalue weighted by Crippen LogP contribution is 2.05. The molecular weight excluding hydrogens is 226 g/mol. The van der Waals surface area contributed by atoms with E-state index in [1.807, 2.05) is 35.0 Å². The van der Waals surface area contributed by atoms with Crippen LogP contribution in [-0.4, -0.2) is 11.1 Å². The summed E-state index contributed by atoms with van der Waals surface area (Å²) in [5, 5.41) is 8.92. The molecule has 90 valence electrons. The average molecular weight is 240 g/mol. The van der Waals surface area contributed by atoms with Gasteiger partial charge in [0.25, 0.3) is 0 Å². The Morgan fingerprint density at radius 2 is 2.00 bits per heavy atom. The molecule has 0 aliphatic rings. The fraction of sp³-hybridized carbons (Fsp3) is 0.0667. The number of hydrogen-bond donors (Lipinski definition) is 1. The van der Waals surface area contributed by atoms with Crippen LogP contribution in [0.15, 0.2) is 55.4 Å². The normalized spacial score (nSPS) is 10.0. The Bertz CT molecular complexity index is 573. The second kappa shape index (κ2) is 5.27. The molecule has 0 saturated carbocycles. The molecule has 18 heavy (non-hydrogen) atoms. The van der Waals surface area contributed by atoms with Gasteiger partial charge in [-0.15, -0.1) is 0 Å². The first-order valence-corrected chi connectivity index (χ1v) is 5.63. The van der Waals surface area contributed by atoms with Crippen molar-refractivity contribution in [3.8, 4) is 0 Å². The van der Waals surface area contributed by atoms with Crippen LogP contribution in [0.4, 0.5) is 0 Å². The van der Waals surface area contributed by atoms with Crippen molar-refractivity contribution in [3.05, 3.63) is 72.1 Å². The van der Waals surface area contributed by atoms with Crippen LogP contribution in [0.5, 0.6) is 0 Å². The van der Waals surface area contributed by atoms with Crippen molar-refractivity contribution in [2.24, 2.45) is 0 Å². The van der Waals surface area contributed by atoms with E-state index in [1.165, 1.54) is 0 Å². The predicted octanol–water partition coefficient (Wildman–Crippen LogP) is 2.36. The van der Waals surface area contributed by atoms with Crippen LogP contribution in [0.3, 0.4) is 0 Å². The van der Waals surface area contributed by atoms with Gasteiger partial charge >= 0.3 is 5.97 Å². The summed E-state index contributed by atoms with van der Waals surface area (Å²) in [6.07, 6.45) is 5.28. The van der Waals surface area contributed by atoms with Gasteiger partial charge in [0.1, 0.15) is 5.56 Å². The van der Waals surface area contributed by atoms with Crippen molar-refractivity contribution in [2.45, 2.75) is 6.54 Å². The molecule has 0 bridgehead atoms. The lowest BCUT2D eigenvalue weighted by Crippen LogP contribution is -2.34. The standard InChI is InChI=1S/C15H13NO2/c1-2-12-5-7-13(8-6-12)10-16-9-3-4-14(11-16)15(17)18/h2-9,11H,1,10H2/p+1. The van der Waals surface area contributed by atoms with Crippen LogP contribution in [0.25, 0.3) is 6.08 Å². The zero-order valence-corrected chi connectivity index (χ0v) is 9.91. The molecule has 2 rings (SSSR count). The molecule has 3 nitrogen and oxygen atoms in total. The van der Waals surface area contributed by atoms with Gasteiger partial charge in [-0.2, -0.15) is 4.57 Å². The lowest BCUT2D eigenvalue weighted by atomic mass is 10.1. The summed E-state index contributed by atoms with van der Waals surface area (Å²) in [6.45, 7) is 4.36. The zero-order valence-electron chi connectivity index (χ0n) is 9.91. The first-order chi connectivity index (χ1) is 8.69. The minimum absolute atomic E-state index is 0.292. The van der Waals surface area contributed by atoms with Crippen LogP contribution in [0.1, 0.15) is 21.5 Å². The second-order valence-corrected chi connectivity index (χ2v) is 4.02. The van der Waals surface area contributed by atoms with Gasteiger partial charge in [0.05, 0.1) is 0 Å². The molecule has 1 N–H and O–H groups in total. The summed E-state index contributed by atoms with van der Waals surface area (Å²) in [5.41, 5.74) is 2.48. The zero-order chi connectivity index (χ0) is 13.0. The van der Waals surface area contributed by atoms with Crippen molar-refractivity contribution in [2.75, 3.05) is 0 Å². The lowest BCUT2D eigenvalue weighted by Gasteiger charge is -2.00. The molecule has 0 spiro atoms. The molecule has 2 aromatic rings. The van der Waals surface area contributed by atoms with Gasteiger partial charge in [-0.25, -0.2) is 4.79 Å². The van der Waals surface area contributed by atoms with Gasteiger partial charge in [-0.1, -0.05) is 36.9 Å². The molecule has 0 fully saturated rings. The number of carboxylic acids is 1. The maximum atomic E-state index is 10.9. The molecule has 0 radical (unpaired) electrons. The van der Waals surface area contributed by atoms with Gasteiger partial charge in [0.15, 0.2) is 18.9 Å². The number of nitrogens with zero attached hydrogens (tertiary/aromatic N) is 1. The third-order valence-corrected chi connectivity index (χ3v) is 2.69. The molecule has 0 amide bonds. The van der Waals surface area contributed by atoms with Gasteiger partial charge in [-0.3, -0.25) is 0 Å². The van der Waals surface area contributed by atoms with Crippen LogP contribution >= 0.6 is 0 Å². The second-order valence-electron chi connectivity index (χ2n) is 4.02. The van der Waals surface area contributed by atoms with Crippen LogP contribution in [0, 0.1) is 0 Å². The Labute approximate surface area is 106 Å². The van der Waals surface area contributed by atoms with E-state index in [9.17, 15) is 4.79 Å². The van der Waals surface area contributed by atoms with E-state index in [-0.39, 0.29) is 0 Å². The summed E-state index contributed by atoms with van der Waals surface area (Å²) in [6, 6.07) is 11.3. The van der Waals surface area contributed by atoms with Crippen molar-refractivity contribution in [1.29, 1.82) is 0 Å². The third kappa shape index (κ3) is 2.83. The van der Waals surface area contributed by atoms with E-state index >= 15 is 0 Å². The lowest BCUT2D eigenvalue weighted by molar-refractivity contribution is -0.688. The minimum Gasteiger partial charge on any atom is -0.477 e. The fourth-order valence-electron chi connectivity index (χ4n) is 1.72. The molecule has 1 aromatic heterocycles. The number of benzene rings is 1. The Morgan fingerprint density at radius 1 is 1.28 bits per heavy atom. The molecule has 1 heterocycles. The molecule has 1 aromatic carbocycles. The number of pyridine rings is 1. The molecule has 3 heteroatoms. The van der Waals surface area contributed by atoms with Crippen molar-refractivity contribution < 1.29 is 14.5 Å². The molecule has 0 saturated heterocycles. The smallest absolute Gasteiger partial charge is 0.341 e. The predicted molar refractivity (Wildman–Crippen MR) is 69.2 cm³/mol. The maximum Gasteiger partial charge on any atom is 0.341 e. The highest BCUT2D eigenvalue weighted by Gasteiger charge is 2.09. The van der Waals surface area contributed by atoms with Gasteiger partial charge in [-0.05, 0) is 11.6 Å². The van der Waals surface area contributed by atoms with Crippen molar-refractivity contribution in [1.82, 2.24) is 0 Å². The van der Waals surface area contributed by atoms with E-state index in [0.29, 0.717) is 12.1 Å². The van der Waals surface area contributed by atoms with Gasteiger partial charge in [0.2, 0.25) is 0 Å². The summed E-state index contributed by atoms with van der Waals surface area (Å²) < 4.78 is 1.85. The molecule has 0 aliphatic carbocycles. The Balaban J connectivity index is 2.19. The van der Waals surface area contributed by atoms with Crippen molar-refractivity contribution in [3.63, 3.8) is 0 Å². The number of hydrogen-bond acceptors (Lipinski definition) is 1. The summed E-state index contributed by atoms with van der Waals surface area (Å²) in [7, 11) is 0. The largest absolute Gasteiger partial charge is 0.477 e. The molecular formula is C15H14NO2+. The first-order valence-electron chi connectivity index (χ1n) is 5.63. The van der Waals surface area contributed by atoms with Crippen LogP contribution in [-0.2, 0) is 6.54 Å². The topological polar surface area (TPSA) is 41.2 Å². The first kappa shape index (κ1) is 12.0. The summed E-state index contributed by atoms with van der Waals surface area (Å²) in [5.74, 6) is -0.911. The monoisotopic (exact) mass is 240 g/mol. The Morgan fingerprint density at radius 3 is 2.61 bits per heavy atom. The molecule has 0 aliphatic heterocycles. The molecule has 0 atom stereocenters. The van der Waals surface area contributed by atoms with Gasteiger partial charge < -0.3 is 5.11 Å². The average Bonchev–Trinajstić information content (AvgIpc) is 2.40. The molecule has 0 unspecified atom stereocenters. The van der Waals surface area contributed by atoms with E-state index in [0.717, 1.165) is 11.1 Å². The quantitative estimate of drug-likeness (QED) is 0.833. The van der Waals surface area contributed by atoms with Crippen LogP contribution in [0.2, 0.25) is 0 Å². The number of aromatic carboxylic acids is 1. The number of aromatic nitrogens is 1. The SMILES string of the molecule is C=Cc1ccc(C[n+]2cccc(C(=O)O)c2)cc1. The van der Waals surface area contributed by atoms with E-state index in [4.69, 9.17) is 5.11 Å². The van der Waals surface area contributed by atoms with Gasteiger partial charge in [0, 0.05) is 11.6 Å². The Hall–Kier alpha value is -2.42. The number of rotatable bonds is 4. The third-order valence-electron chi connectivity index (χ3n) is 2.69. The van der Waals surface area contributed by atoms with Crippen molar-refractivity contribution >= 4 is 12.0 Å². The maximum absolute atomic E-state index is 10.9.